The van der Waals surface area contributed by atoms with E-state index in [1.54, 1.807) is 0 Å². The van der Waals surface area contributed by atoms with E-state index in [-0.39, 0.29) is 0 Å². The molecule has 0 atom stereocenters. The van der Waals surface area contributed by atoms with Gasteiger partial charge in [0.05, 0.1) is 0 Å². The van der Waals surface area contributed by atoms with Gasteiger partial charge in [-0.2, -0.15) is 4.79 Å². The maximum absolute atomic E-state index is 11.2. The van der Waals surface area contributed by atoms with Crippen molar-refractivity contribution in [2.24, 2.45) is 0 Å². The summed E-state index contributed by atoms with van der Waals surface area (Å²) in [4.78, 5) is 11.8. The highest BCUT2D eigenvalue weighted by Gasteiger charge is 2.16. The van der Waals surface area contributed by atoms with Crippen LogP contribution in [-0.2, 0) is 4.79 Å². The van der Waals surface area contributed by atoms with Crippen molar-refractivity contribution < 1.29 is 19.1 Å². The first-order valence-electron chi connectivity index (χ1n) is 1.72. The van der Waals surface area contributed by atoms with Gasteiger partial charge < -0.3 is 10.6 Å². The zero-order chi connectivity index (χ0) is 6.57. The van der Waals surface area contributed by atoms with Gasteiger partial charge in [-0.05, 0) is 0 Å². The summed E-state index contributed by atoms with van der Waals surface area (Å²) in [6.07, 6.45) is 0. The van der Waals surface area contributed by atoms with Crippen molar-refractivity contribution in [3.8, 4) is 0 Å². The maximum atomic E-state index is 11.2. The van der Waals surface area contributed by atoms with E-state index >= 15 is 0 Å². The lowest BCUT2D eigenvalue weighted by molar-refractivity contribution is -0.134. The lowest BCUT2D eigenvalue weighted by atomic mass is 10.4. The first-order valence-corrected chi connectivity index (χ1v) is 1.72. The van der Waals surface area contributed by atoms with Gasteiger partial charge in [-0.3, -0.25) is 0 Å². The van der Waals surface area contributed by atoms with Crippen LogP contribution in [0.15, 0.2) is 0 Å². The van der Waals surface area contributed by atoms with Crippen molar-refractivity contribution in [1.29, 1.82) is 0 Å². The third-order valence-electron chi connectivity index (χ3n) is 0.494. The maximum Gasteiger partial charge on any atom is 0.417 e. The summed E-state index contributed by atoms with van der Waals surface area (Å²) in [5, 5.41) is 7.84. The van der Waals surface area contributed by atoms with Crippen LogP contribution in [0.3, 0.4) is 0 Å². The second-order valence-corrected chi connectivity index (χ2v) is 0.985. The van der Waals surface area contributed by atoms with Gasteiger partial charge in [0.1, 0.15) is 0 Å². The second-order valence-electron chi connectivity index (χ2n) is 0.985. The first-order chi connectivity index (χ1) is 3.72. The van der Waals surface area contributed by atoms with Gasteiger partial charge in [-0.25, -0.2) is 9.18 Å². The average Bonchev–Trinajstić information content (AvgIpc) is 1.69. The van der Waals surface area contributed by atoms with Crippen LogP contribution in [0.1, 0.15) is 0 Å². The smallest absolute Gasteiger partial charge is 0.417 e. The van der Waals surface area contributed by atoms with Gasteiger partial charge in [-0.1, -0.05) is 0 Å². The van der Waals surface area contributed by atoms with Crippen LogP contribution in [0.2, 0.25) is 0 Å². The van der Waals surface area contributed by atoms with E-state index in [2.05, 4.69) is 4.79 Å². The molecule has 0 heterocycles. The van der Waals surface area contributed by atoms with Gasteiger partial charge in [-0.15, -0.1) is 0 Å². The van der Waals surface area contributed by atoms with Crippen LogP contribution in [0.5, 0.6) is 0 Å². The number of carboxylic acid groups (broad SMARTS) is 1. The quantitative estimate of drug-likeness (QED) is 0.307. The van der Waals surface area contributed by atoms with Crippen LogP contribution < -0.4 is 0 Å². The summed E-state index contributed by atoms with van der Waals surface area (Å²) < 4.78 is 11.2. The molecule has 0 rings (SSSR count). The van der Waals surface area contributed by atoms with Crippen LogP contribution in [0, 0.1) is 0 Å². The number of rotatable bonds is 2. The Labute approximate surface area is 44.2 Å². The molecule has 0 aliphatic heterocycles. The lowest BCUT2D eigenvalue weighted by Crippen LogP contribution is -2.15. The molecule has 0 aromatic heterocycles. The van der Waals surface area contributed by atoms with Crippen molar-refractivity contribution in [3.05, 3.63) is 5.53 Å². The Balaban J connectivity index is 4.14. The summed E-state index contributed by atoms with van der Waals surface area (Å²) in [7, 11) is 0. The van der Waals surface area contributed by atoms with Gasteiger partial charge in [0.2, 0.25) is 0 Å². The predicted octanol–water partition coefficient (Wildman–Crippen LogP) is -0.289. The minimum atomic E-state index is -1.55. The number of hydrogen-bond acceptors (Lipinski definition) is 1. The minimum Gasteiger partial charge on any atom is -0.473 e. The number of alkyl halides is 1. The summed E-state index contributed by atoms with van der Waals surface area (Å²) in [5.41, 5.74) is 6.78. The molecule has 1 N–H and O–H groups in total. The van der Waals surface area contributed by atoms with Crippen molar-refractivity contribution in [2.45, 2.75) is 0 Å². The monoisotopic (exact) mass is 118 g/mol. The van der Waals surface area contributed by atoms with E-state index in [0.717, 1.165) is 0 Å². The highest BCUT2D eigenvalue weighted by atomic mass is 19.1. The zero-order valence-corrected chi connectivity index (χ0v) is 3.83. The van der Waals surface area contributed by atoms with Gasteiger partial charge in [0, 0.05) is 0 Å². The molecule has 4 nitrogen and oxygen atoms in total. The van der Waals surface area contributed by atoms with E-state index < -0.39 is 18.4 Å². The van der Waals surface area contributed by atoms with Crippen LogP contribution in [-0.4, -0.2) is 28.3 Å². The molecule has 0 aromatic carbocycles. The highest BCUT2D eigenvalue weighted by Crippen LogP contribution is 1.71. The van der Waals surface area contributed by atoms with Crippen molar-refractivity contribution in [1.82, 2.24) is 0 Å². The average molecular weight is 118 g/mol. The van der Waals surface area contributed by atoms with Crippen molar-refractivity contribution in [2.75, 3.05) is 6.67 Å². The highest BCUT2D eigenvalue weighted by molar-refractivity contribution is 6.33. The Morgan fingerprint density at radius 3 is 2.38 bits per heavy atom. The summed E-state index contributed by atoms with van der Waals surface area (Å²) >= 11 is 0. The third kappa shape index (κ3) is 1.49. The molecule has 0 aliphatic carbocycles. The number of carbonyl (C=O) groups is 1. The van der Waals surface area contributed by atoms with Gasteiger partial charge in [0.15, 0.2) is 6.67 Å². The number of aliphatic carboxylic acids is 1. The summed E-state index contributed by atoms with van der Waals surface area (Å²) in [6, 6.07) is 0. The molecule has 0 saturated carbocycles. The molecule has 0 aromatic rings. The van der Waals surface area contributed by atoms with Gasteiger partial charge in [0.25, 0.3) is 0 Å². The molecule has 0 fully saturated rings. The third-order valence-corrected chi connectivity index (χ3v) is 0.494. The van der Waals surface area contributed by atoms with Crippen LogP contribution in [0.4, 0.5) is 4.39 Å². The fraction of sp³-hybridized carbons (Fsp3) is 0.333. The van der Waals surface area contributed by atoms with E-state index in [9.17, 15) is 9.18 Å². The summed E-state index contributed by atoms with van der Waals surface area (Å²) in [5.74, 6) is -1.55. The SMILES string of the molecule is [N-]=[N+]=C(CF)C(=O)O. The van der Waals surface area contributed by atoms with E-state index in [1.807, 2.05) is 0 Å². The predicted molar refractivity (Wildman–Crippen MR) is 22.2 cm³/mol. The molecule has 0 bridgehead atoms. The zero-order valence-electron chi connectivity index (χ0n) is 3.83. The molecule has 0 radical (unpaired) electrons. The van der Waals surface area contributed by atoms with Crippen LogP contribution in [0.25, 0.3) is 5.53 Å². The Morgan fingerprint density at radius 1 is 1.88 bits per heavy atom. The first kappa shape index (κ1) is 6.78. The Bertz CT molecular complexity index is 149. The number of carboxylic acids is 1. The largest absolute Gasteiger partial charge is 0.473 e. The molecule has 0 amide bonds. The van der Waals surface area contributed by atoms with E-state index in [0.29, 0.717) is 0 Å². The van der Waals surface area contributed by atoms with Crippen LogP contribution >= 0.6 is 0 Å². The topological polar surface area (TPSA) is 73.7 Å². The number of hydrogen-bond donors (Lipinski definition) is 1. The molecule has 5 heteroatoms. The minimum absolute atomic E-state index is 0.884. The van der Waals surface area contributed by atoms with Gasteiger partial charge >= 0.3 is 11.7 Å². The van der Waals surface area contributed by atoms with E-state index in [4.69, 9.17) is 10.6 Å². The fourth-order valence-electron chi connectivity index (χ4n) is 0.127. The lowest BCUT2D eigenvalue weighted by Gasteiger charge is -1.74. The Kier molecular flexibility index (Phi) is 2.43. The standard InChI is InChI=1S/C3H3FN2O2/c4-1-2(6-5)3(7)8/h1H2,(H,7,8). The van der Waals surface area contributed by atoms with Crippen molar-refractivity contribution >= 4 is 11.7 Å². The molecule has 0 aliphatic rings. The molecule has 44 valence electrons. The Hall–Kier alpha value is -1.22. The molecule has 8 heavy (non-hydrogen) atoms. The number of halogens is 1. The number of nitrogens with zero attached hydrogens (tertiary/aromatic N) is 2. The molecule has 0 unspecified atom stereocenters. The van der Waals surface area contributed by atoms with Crippen molar-refractivity contribution in [3.63, 3.8) is 0 Å². The summed E-state index contributed by atoms with van der Waals surface area (Å²) in [6.45, 7) is -1.26. The fourth-order valence-corrected chi connectivity index (χ4v) is 0.127. The second kappa shape index (κ2) is 2.87. The molecule has 0 spiro atoms. The molecular weight excluding hydrogens is 115 g/mol. The van der Waals surface area contributed by atoms with E-state index in [1.165, 1.54) is 0 Å². The molecular formula is C3H3FN2O2. The molecule has 0 saturated heterocycles. The Morgan fingerprint density at radius 2 is 2.38 bits per heavy atom. The normalized spacial score (nSPS) is 7.62.